The summed E-state index contributed by atoms with van der Waals surface area (Å²) in [7, 11) is 0. The number of rotatable bonds is 5. The van der Waals surface area contributed by atoms with Crippen molar-refractivity contribution in [2.24, 2.45) is 0 Å². The summed E-state index contributed by atoms with van der Waals surface area (Å²) in [5.41, 5.74) is 9.76. The number of fused-ring (bicyclic) bond motifs is 1. The Hall–Kier alpha value is -4.66. The maximum Gasteiger partial charge on any atom is 0.161 e. The van der Waals surface area contributed by atoms with Gasteiger partial charge < -0.3 is 20.7 Å². The molecule has 0 saturated carbocycles. The molecule has 1 aliphatic rings. The summed E-state index contributed by atoms with van der Waals surface area (Å²) in [6.07, 6.45) is 14.6. The summed E-state index contributed by atoms with van der Waals surface area (Å²) in [6.45, 7) is 0. The Morgan fingerprint density at radius 3 is 2.94 bits per heavy atom. The number of hydrogen-bond acceptors (Lipinski definition) is 7. The average molecular weight is 409 g/mol. The van der Waals surface area contributed by atoms with Crippen molar-refractivity contribution in [3.63, 3.8) is 0 Å². The number of nitrogens with one attached hydrogen (secondary N) is 5. The topological polar surface area (TPSA) is 119 Å². The van der Waals surface area contributed by atoms with Crippen LogP contribution in [-0.4, -0.2) is 24.7 Å². The Bertz CT molecular complexity index is 1390. The van der Waals surface area contributed by atoms with Crippen LogP contribution in [0.15, 0.2) is 85.1 Å². The highest BCUT2D eigenvalue weighted by Crippen LogP contribution is 2.21. The van der Waals surface area contributed by atoms with Gasteiger partial charge in [0.25, 0.3) is 0 Å². The van der Waals surface area contributed by atoms with Crippen molar-refractivity contribution < 1.29 is 0 Å². The zero-order chi connectivity index (χ0) is 21.0. The number of aromatic amines is 1. The van der Waals surface area contributed by atoms with Gasteiger partial charge in [0.2, 0.25) is 0 Å². The van der Waals surface area contributed by atoms with Gasteiger partial charge >= 0.3 is 0 Å². The van der Waals surface area contributed by atoms with E-state index < -0.39 is 0 Å². The Morgan fingerprint density at radius 1 is 1.10 bits per heavy atom. The fraction of sp³-hybridized carbons (Fsp3) is 0. The molecule has 5 N–H and O–H groups in total. The lowest BCUT2D eigenvalue weighted by Gasteiger charge is -2.09. The molecule has 0 saturated heterocycles. The molecule has 4 aromatic rings. The van der Waals surface area contributed by atoms with Crippen LogP contribution in [0.3, 0.4) is 0 Å². The molecule has 0 unspecified atom stereocenters. The molecule has 0 fully saturated rings. The lowest BCUT2D eigenvalue weighted by molar-refractivity contribution is 0.762. The van der Waals surface area contributed by atoms with Gasteiger partial charge in [-0.3, -0.25) is 10.5 Å². The average Bonchev–Trinajstić information content (AvgIpc) is 3.27. The van der Waals surface area contributed by atoms with E-state index in [1.54, 1.807) is 29.2 Å². The predicted octanol–water partition coefficient (Wildman–Crippen LogP) is 3.02. The normalized spacial score (nSPS) is 13.1. The molecule has 5 rings (SSSR count). The van der Waals surface area contributed by atoms with E-state index in [4.69, 9.17) is 5.41 Å². The van der Waals surface area contributed by atoms with Crippen molar-refractivity contribution in [3.05, 3.63) is 90.6 Å². The third kappa shape index (κ3) is 4.06. The Kier molecular flexibility index (Phi) is 4.74. The Morgan fingerprint density at radius 2 is 2.06 bits per heavy atom. The van der Waals surface area contributed by atoms with Crippen LogP contribution < -0.4 is 21.7 Å². The number of aromatic nitrogens is 5. The van der Waals surface area contributed by atoms with Crippen LogP contribution in [0.2, 0.25) is 0 Å². The molecule has 1 aromatic carbocycles. The molecular weight excluding hydrogens is 390 g/mol. The first-order valence-electron chi connectivity index (χ1n) is 9.61. The molecule has 9 heteroatoms. The first-order chi connectivity index (χ1) is 15.2. The van der Waals surface area contributed by atoms with Crippen LogP contribution in [0.25, 0.3) is 28.5 Å². The van der Waals surface area contributed by atoms with Gasteiger partial charge in [0.15, 0.2) is 5.82 Å². The second kappa shape index (κ2) is 7.99. The van der Waals surface area contributed by atoms with E-state index in [0.29, 0.717) is 17.1 Å². The molecule has 0 amide bonds. The Balaban J connectivity index is 1.37. The molecule has 0 aliphatic carbocycles. The minimum absolute atomic E-state index is 0.326. The second-order valence-corrected chi connectivity index (χ2v) is 6.85. The van der Waals surface area contributed by atoms with Crippen LogP contribution in [0.5, 0.6) is 0 Å². The van der Waals surface area contributed by atoms with Gasteiger partial charge in [-0.2, -0.15) is 5.10 Å². The molecule has 4 heterocycles. The highest BCUT2D eigenvalue weighted by molar-refractivity contribution is 5.82. The zero-order valence-electron chi connectivity index (χ0n) is 16.4. The van der Waals surface area contributed by atoms with E-state index in [1.165, 1.54) is 0 Å². The summed E-state index contributed by atoms with van der Waals surface area (Å²) in [5, 5.41) is 19.6. The van der Waals surface area contributed by atoms with Crippen LogP contribution in [0.4, 0.5) is 11.5 Å². The van der Waals surface area contributed by atoms with Crippen molar-refractivity contribution in [2.45, 2.75) is 0 Å². The summed E-state index contributed by atoms with van der Waals surface area (Å²) in [5.74, 6) is 1.22. The molecule has 9 nitrogen and oxygen atoms in total. The summed E-state index contributed by atoms with van der Waals surface area (Å²) in [6, 6.07) is 11.4. The van der Waals surface area contributed by atoms with Crippen molar-refractivity contribution in [2.75, 3.05) is 5.32 Å². The maximum absolute atomic E-state index is 8.34. The number of hydrogen-bond donors (Lipinski definition) is 5. The standard InChI is InChI=1S/C22H19N9/c23-20-12-16(6-10-31(20)9-5-15-3-8-25-26-13-15)22-24-7-4-21(29-22)28-18-1-2-19-17(11-18)14-27-30-19/h1-14,23,25-26H,(H,27,30)(H,24,28,29)/b9-5+,23-20?. The first kappa shape index (κ1) is 18.4. The first-order valence-corrected chi connectivity index (χ1v) is 9.61. The number of H-pyrrole nitrogens is 1. The van der Waals surface area contributed by atoms with Crippen molar-refractivity contribution >= 4 is 28.6 Å². The molecule has 3 aromatic heterocycles. The molecule has 0 bridgehead atoms. The summed E-state index contributed by atoms with van der Waals surface area (Å²) in [4.78, 5) is 8.98. The van der Waals surface area contributed by atoms with Gasteiger partial charge in [0, 0.05) is 47.6 Å². The number of pyridine rings is 1. The second-order valence-electron chi connectivity index (χ2n) is 6.85. The molecule has 0 atom stereocenters. The number of hydrazine groups is 1. The minimum atomic E-state index is 0.326. The molecule has 0 spiro atoms. The van der Waals surface area contributed by atoms with Crippen molar-refractivity contribution in [3.8, 4) is 11.4 Å². The van der Waals surface area contributed by atoms with E-state index in [-0.39, 0.29) is 0 Å². The molecule has 0 radical (unpaired) electrons. The summed E-state index contributed by atoms with van der Waals surface area (Å²) < 4.78 is 1.72. The van der Waals surface area contributed by atoms with Crippen LogP contribution in [-0.2, 0) is 0 Å². The quantitative estimate of drug-likeness (QED) is 0.346. The van der Waals surface area contributed by atoms with E-state index in [9.17, 15) is 0 Å². The van der Waals surface area contributed by atoms with Crippen LogP contribution in [0, 0.1) is 5.41 Å². The molecule has 31 heavy (non-hydrogen) atoms. The minimum Gasteiger partial charge on any atom is -0.340 e. The maximum atomic E-state index is 8.34. The van der Waals surface area contributed by atoms with Gasteiger partial charge in [-0.25, -0.2) is 9.97 Å². The molecule has 152 valence electrons. The fourth-order valence-electron chi connectivity index (χ4n) is 3.14. The van der Waals surface area contributed by atoms with E-state index in [0.717, 1.165) is 27.7 Å². The number of nitrogens with zero attached hydrogens (tertiary/aromatic N) is 4. The van der Waals surface area contributed by atoms with Crippen molar-refractivity contribution in [1.29, 1.82) is 5.41 Å². The SMILES string of the molecule is N=c1cc(-c2nccc(Nc3ccc4[nH]ncc4c3)n2)ccn1/C=C/C1=CNNC=C1. The van der Waals surface area contributed by atoms with E-state index in [1.807, 2.05) is 61.1 Å². The lowest BCUT2D eigenvalue weighted by atomic mass is 10.2. The van der Waals surface area contributed by atoms with Gasteiger partial charge in [-0.05, 0) is 54.1 Å². The van der Waals surface area contributed by atoms with Gasteiger partial charge in [-0.1, -0.05) is 0 Å². The van der Waals surface area contributed by atoms with Crippen LogP contribution in [0.1, 0.15) is 0 Å². The third-order valence-corrected chi connectivity index (χ3v) is 4.72. The van der Waals surface area contributed by atoms with Crippen LogP contribution >= 0.6 is 0 Å². The number of allylic oxidation sites excluding steroid dienone is 3. The summed E-state index contributed by atoms with van der Waals surface area (Å²) >= 11 is 0. The highest BCUT2D eigenvalue weighted by atomic mass is 15.3. The van der Waals surface area contributed by atoms with Crippen molar-refractivity contribution in [1.82, 2.24) is 35.6 Å². The monoisotopic (exact) mass is 409 g/mol. The van der Waals surface area contributed by atoms with Gasteiger partial charge in [0.05, 0.1) is 11.7 Å². The molecule has 1 aliphatic heterocycles. The number of anilines is 2. The van der Waals surface area contributed by atoms with E-state index in [2.05, 4.69) is 36.3 Å². The highest BCUT2D eigenvalue weighted by Gasteiger charge is 2.05. The smallest absolute Gasteiger partial charge is 0.161 e. The lowest BCUT2D eigenvalue weighted by Crippen LogP contribution is -2.23. The zero-order valence-corrected chi connectivity index (χ0v) is 16.4. The third-order valence-electron chi connectivity index (χ3n) is 4.72. The van der Waals surface area contributed by atoms with Gasteiger partial charge in [-0.15, -0.1) is 0 Å². The number of benzene rings is 1. The predicted molar refractivity (Wildman–Crippen MR) is 120 cm³/mol. The molecular formula is C22H19N9. The Labute approximate surface area is 177 Å². The fourth-order valence-corrected chi connectivity index (χ4v) is 3.14. The largest absolute Gasteiger partial charge is 0.340 e. The van der Waals surface area contributed by atoms with E-state index >= 15 is 0 Å². The van der Waals surface area contributed by atoms with Gasteiger partial charge in [0.1, 0.15) is 11.3 Å².